The SMILES string of the molecule is [2H]C([2H])([2H])N(CCc1c[nH]c2cccc(O[C@H]3Cc4cccc(OC(F)F)c4C3)c12)C([2H])([2H])[2H]. The van der Waals surface area contributed by atoms with Crippen molar-refractivity contribution in [3.8, 4) is 11.5 Å². The van der Waals surface area contributed by atoms with E-state index in [1.165, 1.54) is 6.07 Å². The van der Waals surface area contributed by atoms with E-state index in [1.807, 2.05) is 18.2 Å². The Kier molecular flexibility index (Phi) is 3.56. The number of H-pyrrole nitrogens is 1. The molecule has 1 aliphatic rings. The normalized spacial score (nSPS) is 20.2. The molecule has 4 nitrogen and oxygen atoms in total. The lowest BCUT2D eigenvalue weighted by Crippen LogP contribution is -2.17. The zero-order chi connectivity index (χ0) is 24.7. The number of aromatic amines is 1. The summed E-state index contributed by atoms with van der Waals surface area (Å²) in [4.78, 5) is 3.65. The van der Waals surface area contributed by atoms with Gasteiger partial charge in [0, 0.05) is 50.3 Å². The smallest absolute Gasteiger partial charge is 0.387 e. The first-order valence-electron chi connectivity index (χ1n) is 12.0. The van der Waals surface area contributed by atoms with Crippen molar-refractivity contribution in [1.82, 2.24) is 9.88 Å². The molecule has 3 aromatic rings. The predicted molar refractivity (Wildman–Crippen MR) is 105 cm³/mol. The summed E-state index contributed by atoms with van der Waals surface area (Å²) in [5, 5.41) is 0.735. The van der Waals surface area contributed by atoms with Crippen molar-refractivity contribution in [2.45, 2.75) is 32.0 Å². The van der Waals surface area contributed by atoms with Gasteiger partial charge in [0.25, 0.3) is 0 Å². The zero-order valence-electron chi connectivity index (χ0n) is 21.0. The van der Waals surface area contributed by atoms with E-state index in [4.69, 9.17) is 13.0 Å². The Bertz CT molecular complexity index is 1150. The summed E-state index contributed by atoms with van der Waals surface area (Å²) >= 11 is 0. The highest BCUT2D eigenvalue weighted by atomic mass is 19.3. The number of likely N-dealkylation sites (N-methyl/N-ethyl adjacent to an activating group) is 1. The molecule has 2 aromatic carbocycles. The minimum atomic E-state index is -2.91. The molecule has 148 valence electrons. The van der Waals surface area contributed by atoms with Crippen molar-refractivity contribution in [3.05, 3.63) is 59.3 Å². The van der Waals surface area contributed by atoms with Crippen LogP contribution < -0.4 is 9.47 Å². The van der Waals surface area contributed by atoms with Gasteiger partial charge in [0.05, 0.1) is 0 Å². The molecule has 0 radical (unpaired) electrons. The summed E-state index contributed by atoms with van der Waals surface area (Å²) in [7, 11) is 0. The number of benzene rings is 2. The maximum absolute atomic E-state index is 12.8. The highest BCUT2D eigenvalue weighted by molar-refractivity contribution is 5.89. The van der Waals surface area contributed by atoms with Gasteiger partial charge in [-0.25, -0.2) is 0 Å². The molecule has 0 saturated carbocycles. The number of rotatable bonds is 7. The van der Waals surface area contributed by atoms with E-state index < -0.39 is 20.6 Å². The Morgan fingerprint density at radius 3 is 2.82 bits per heavy atom. The highest BCUT2D eigenvalue weighted by Crippen LogP contribution is 2.36. The first-order chi connectivity index (χ1) is 15.9. The molecule has 0 amide bonds. The molecule has 28 heavy (non-hydrogen) atoms. The molecule has 6 heteroatoms. The number of hydrogen-bond donors (Lipinski definition) is 1. The van der Waals surface area contributed by atoms with Gasteiger partial charge < -0.3 is 19.4 Å². The Balaban J connectivity index is 1.55. The minimum Gasteiger partial charge on any atom is -0.489 e. The second-order valence-corrected chi connectivity index (χ2v) is 6.81. The molecule has 0 saturated heterocycles. The van der Waals surface area contributed by atoms with Crippen molar-refractivity contribution < 1.29 is 26.5 Å². The standard InChI is InChI=1S/C22H24F2N2O2/c1-26(2)10-9-15-13-25-18-6-4-8-20(21(15)18)27-16-11-14-5-3-7-19(17(14)12-16)28-22(23)24/h3-8,13,16,22,25H,9-12H2,1-2H3/t16-/m0/s1/i1D3,2D3. The third-order valence-electron chi connectivity index (χ3n) is 4.97. The van der Waals surface area contributed by atoms with Crippen molar-refractivity contribution in [3.63, 3.8) is 0 Å². The lowest BCUT2D eigenvalue weighted by atomic mass is 10.1. The third kappa shape index (κ3) is 3.83. The molecule has 1 aliphatic carbocycles. The van der Waals surface area contributed by atoms with E-state index in [0.717, 1.165) is 22.0 Å². The van der Waals surface area contributed by atoms with E-state index in [0.29, 0.717) is 29.1 Å². The predicted octanol–water partition coefficient (Wildman–Crippen LogP) is 4.42. The van der Waals surface area contributed by atoms with Crippen LogP contribution in [0.1, 0.15) is 24.9 Å². The first-order valence-corrected chi connectivity index (χ1v) is 9.02. The van der Waals surface area contributed by atoms with Gasteiger partial charge in [-0.05, 0) is 49.7 Å². The molecule has 0 fully saturated rings. The van der Waals surface area contributed by atoms with Crippen LogP contribution >= 0.6 is 0 Å². The van der Waals surface area contributed by atoms with Gasteiger partial charge >= 0.3 is 6.61 Å². The van der Waals surface area contributed by atoms with E-state index in [2.05, 4.69) is 9.72 Å². The largest absolute Gasteiger partial charge is 0.489 e. The summed E-state index contributed by atoms with van der Waals surface area (Å²) in [5.41, 5.74) is 3.07. The third-order valence-corrected chi connectivity index (χ3v) is 4.97. The number of alkyl halides is 2. The molecule has 0 bridgehead atoms. The van der Waals surface area contributed by atoms with Crippen LogP contribution in [0.15, 0.2) is 42.6 Å². The van der Waals surface area contributed by atoms with Crippen LogP contribution in [0.3, 0.4) is 0 Å². The van der Waals surface area contributed by atoms with Crippen LogP contribution in [0.2, 0.25) is 0 Å². The molecule has 1 N–H and O–H groups in total. The number of hydrogen-bond acceptors (Lipinski definition) is 3. The van der Waals surface area contributed by atoms with E-state index in [-0.39, 0.29) is 24.8 Å². The minimum absolute atomic E-state index is 0.147. The van der Waals surface area contributed by atoms with Gasteiger partial charge in [-0.1, -0.05) is 18.2 Å². The molecule has 0 spiro atoms. The van der Waals surface area contributed by atoms with Crippen LogP contribution in [0.5, 0.6) is 11.5 Å². The average Bonchev–Trinajstić information content (AvgIpc) is 3.31. The zero-order valence-corrected chi connectivity index (χ0v) is 15.0. The Hall–Kier alpha value is -2.60. The monoisotopic (exact) mass is 392 g/mol. The van der Waals surface area contributed by atoms with Crippen LogP contribution in [0.4, 0.5) is 8.78 Å². The quantitative estimate of drug-likeness (QED) is 0.647. The second-order valence-electron chi connectivity index (χ2n) is 6.81. The molecular formula is C22H24F2N2O2. The van der Waals surface area contributed by atoms with Gasteiger partial charge in [-0.15, -0.1) is 0 Å². The first kappa shape index (κ1) is 12.8. The topological polar surface area (TPSA) is 37.5 Å². The van der Waals surface area contributed by atoms with Gasteiger partial charge in [-0.2, -0.15) is 8.78 Å². The fourth-order valence-corrected chi connectivity index (χ4v) is 3.80. The number of nitrogens with one attached hydrogen (secondary N) is 1. The van der Waals surface area contributed by atoms with E-state index in [9.17, 15) is 8.78 Å². The molecule has 1 atom stereocenters. The van der Waals surface area contributed by atoms with Gasteiger partial charge in [0.1, 0.15) is 17.6 Å². The number of aromatic nitrogens is 1. The van der Waals surface area contributed by atoms with Crippen LogP contribution in [0, 0.1) is 0 Å². The number of halogens is 2. The number of ether oxygens (including phenoxy) is 2. The number of nitrogens with zero attached hydrogens (tertiary/aromatic N) is 1. The molecule has 0 aliphatic heterocycles. The molecular weight excluding hydrogens is 362 g/mol. The lowest BCUT2D eigenvalue weighted by Gasteiger charge is -2.16. The fraction of sp³-hybridized carbons (Fsp3) is 0.364. The lowest BCUT2D eigenvalue weighted by molar-refractivity contribution is -0.0505. The summed E-state index contributed by atoms with van der Waals surface area (Å²) in [6.07, 6.45) is 2.52. The molecule has 1 aromatic heterocycles. The summed E-state index contributed by atoms with van der Waals surface area (Å²) in [5.74, 6) is 0.700. The maximum Gasteiger partial charge on any atom is 0.387 e. The van der Waals surface area contributed by atoms with Crippen molar-refractivity contribution in [2.24, 2.45) is 0 Å². The van der Waals surface area contributed by atoms with E-state index in [1.54, 1.807) is 18.3 Å². The van der Waals surface area contributed by atoms with E-state index >= 15 is 0 Å². The summed E-state index contributed by atoms with van der Waals surface area (Å²) in [6, 6.07) is 10.5. The van der Waals surface area contributed by atoms with Gasteiger partial charge in [-0.3, -0.25) is 0 Å². The van der Waals surface area contributed by atoms with Crippen LogP contribution in [-0.4, -0.2) is 43.1 Å². The summed E-state index contributed by atoms with van der Waals surface area (Å²) in [6.45, 7) is -8.63. The summed E-state index contributed by atoms with van der Waals surface area (Å²) < 4.78 is 81.8. The molecule has 0 unspecified atom stereocenters. The van der Waals surface area contributed by atoms with Crippen molar-refractivity contribution in [1.29, 1.82) is 0 Å². The average molecular weight is 392 g/mol. The Morgan fingerprint density at radius 1 is 1.18 bits per heavy atom. The Labute approximate surface area is 171 Å². The van der Waals surface area contributed by atoms with Gasteiger partial charge in [0.15, 0.2) is 0 Å². The van der Waals surface area contributed by atoms with Crippen molar-refractivity contribution >= 4 is 10.9 Å². The van der Waals surface area contributed by atoms with Gasteiger partial charge in [0.2, 0.25) is 0 Å². The fourth-order valence-electron chi connectivity index (χ4n) is 3.80. The molecule has 4 rings (SSSR count). The maximum atomic E-state index is 12.8. The Morgan fingerprint density at radius 2 is 2.00 bits per heavy atom. The van der Waals surface area contributed by atoms with Crippen molar-refractivity contribution in [2.75, 3.05) is 20.5 Å². The second kappa shape index (κ2) is 7.80. The van der Waals surface area contributed by atoms with Crippen LogP contribution in [-0.2, 0) is 19.3 Å². The molecule has 1 heterocycles. The van der Waals surface area contributed by atoms with Crippen LogP contribution in [0.25, 0.3) is 10.9 Å². The number of fused-ring (bicyclic) bond motifs is 2. The highest BCUT2D eigenvalue weighted by Gasteiger charge is 2.27.